The summed E-state index contributed by atoms with van der Waals surface area (Å²) in [6.07, 6.45) is -0.160. The molecule has 0 N–H and O–H groups in total. The van der Waals surface area contributed by atoms with Crippen LogP contribution in [0, 0.1) is 0 Å². The van der Waals surface area contributed by atoms with Crippen molar-refractivity contribution in [1.82, 2.24) is 4.31 Å². The molecule has 3 rings (SSSR count). The van der Waals surface area contributed by atoms with E-state index < -0.39 is 28.1 Å². The molecule has 0 saturated carbocycles. The van der Waals surface area contributed by atoms with Gasteiger partial charge >= 0.3 is 5.97 Å². The molecule has 0 amide bonds. The highest BCUT2D eigenvalue weighted by molar-refractivity contribution is 7.89. The summed E-state index contributed by atoms with van der Waals surface area (Å²) in [5.74, 6) is -0.0446. The predicted octanol–water partition coefficient (Wildman–Crippen LogP) is 2.22. The number of carbonyl (C=O) groups excluding carboxylic acids is 1. The van der Waals surface area contributed by atoms with Crippen molar-refractivity contribution in [3.8, 4) is 5.75 Å². The lowest BCUT2D eigenvalue weighted by Crippen LogP contribution is -2.41. The highest BCUT2D eigenvalue weighted by atomic mass is 32.2. The molecule has 150 valence electrons. The third-order valence-corrected chi connectivity index (χ3v) is 6.57. The molecule has 7 nitrogen and oxygen atoms in total. The van der Waals surface area contributed by atoms with Gasteiger partial charge in [-0.25, -0.2) is 8.42 Å². The minimum atomic E-state index is -3.89. The fourth-order valence-corrected chi connectivity index (χ4v) is 4.80. The molecule has 0 radical (unpaired) electrons. The van der Waals surface area contributed by atoms with Crippen LogP contribution in [0.4, 0.5) is 0 Å². The molecular weight excluding hydrogens is 382 g/mol. The second-order valence-corrected chi connectivity index (χ2v) is 8.33. The molecule has 2 atom stereocenters. The van der Waals surface area contributed by atoms with Gasteiger partial charge in [0.2, 0.25) is 10.0 Å². The molecule has 1 fully saturated rings. The van der Waals surface area contributed by atoms with Crippen LogP contribution in [0.1, 0.15) is 12.0 Å². The first-order chi connectivity index (χ1) is 13.5. The van der Waals surface area contributed by atoms with E-state index in [-0.39, 0.29) is 17.9 Å². The number of hydrogen-bond acceptors (Lipinski definition) is 6. The fourth-order valence-electron chi connectivity index (χ4n) is 3.18. The number of sulfonamides is 1. The maximum atomic E-state index is 13.1. The Labute approximate surface area is 164 Å². The summed E-state index contributed by atoms with van der Waals surface area (Å²) in [4.78, 5) is 12.3. The monoisotopic (exact) mass is 405 g/mol. The number of carbonyl (C=O) groups is 1. The molecule has 28 heavy (non-hydrogen) atoms. The lowest BCUT2D eigenvalue weighted by molar-refractivity contribution is -0.144. The van der Waals surface area contributed by atoms with E-state index in [0.29, 0.717) is 12.4 Å². The summed E-state index contributed by atoms with van der Waals surface area (Å²) in [6, 6.07) is 14.7. The van der Waals surface area contributed by atoms with Crippen LogP contribution >= 0.6 is 0 Å². The average Bonchev–Trinajstić information content (AvgIpc) is 3.18. The Hall–Kier alpha value is -2.42. The first-order valence-corrected chi connectivity index (χ1v) is 10.3. The van der Waals surface area contributed by atoms with Gasteiger partial charge in [-0.2, -0.15) is 4.31 Å². The molecule has 1 aliphatic rings. The number of methoxy groups -OCH3 is 2. The van der Waals surface area contributed by atoms with Gasteiger partial charge in [-0.05, 0) is 29.8 Å². The SMILES string of the molecule is COC(=O)C1CC(OCc2ccccc2)CN1S(=O)(=O)c1ccc(OC)cc1. The van der Waals surface area contributed by atoms with Gasteiger partial charge in [0.25, 0.3) is 0 Å². The zero-order valence-corrected chi connectivity index (χ0v) is 16.6. The van der Waals surface area contributed by atoms with Crippen LogP contribution in [0.5, 0.6) is 5.75 Å². The molecule has 1 aliphatic heterocycles. The number of rotatable bonds is 7. The Kier molecular flexibility index (Phi) is 6.33. The van der Waals surface area contributed by atoms with Crippen molar-refractivity contribution in [1.29, 1.82) is 0 Å². The molecule has 2 unspecified atom stereocenters. The standard InChI is InChI=1S/C20H23NO6S/c1-25-16-8-10-18(11-9-16)28(23,24)21-13-17(12-19(21)20(22)26-2)27-14-15-6-4-3-5-7-15/h3-11,17,19H,12-14H2,1-2H3. The normalized spacial score (nSPS) is 20.1. The highest BCUT2D eigenvalue weighted by Gasteiger charge is 2.45. The quantitative estimate of drug-likeness (QED) is 0.657. The topological polar surface area (TPSA) is 82.1 Å². The molecule has 1 heterocycles. The highest BCUT2D eigenvalue weighted by Crippen LogP contribution is 2.29. The lowest BCUT2D eigenvalue weighted by Gasteiger charge is -2.22. The van der Waals surface area contributed by atoms with Gasteiger partial charge in [-0.15, -0.1) is 0 Å². The van der Waals surface area contributed by atoms with E-state index in [4.69, 9.17) is 14.2 Å². The minimum Gasteiger partial charge on any atom is -0.497 e. The number of ether oxygens (including phenoxy) is 3. The van der Waals surface area contributed by atoms with Crippen molar-refractivity contribution >= 4 is 16.0 Å². The molecular formula is C20H23NO6S. The van der Waals surface area contributed by atoms with Crippen molar-refractivity contribution in [2.75, 3.05) is 20.8 Å². The summed E-state index contributed by atoms with van der Waals surface area (Å²) < 4.78 is 43.1. The van der Waals surface area contributed by atoms with E-state index >= 15 is 0 Å². The van der Waals surface area contributed by atoms with Crippen LogP contribution in [0.15, 0.2) is 59.5 Å². The van der Waals surface area contributed by atoms with Crippen molar-refractivity contribution in [2.24, 2.45) is 0 Å². The fraction of sp³-hybridized carbons (Fsp3) is 0.350. The third-order valence-electron chi connectivity index (χ3n) is 4.69. The van der Waals surface area contributed by atoms with Crippen LogP contribution in [0.2, 0.25) is 0 Å². The van der Waals surface area contributed by atoms with Gasteiger partial charge in [0, 0.05) is 13.0 Å². The van der Waals surface area contributed by atoms with Crippen LogP contribution < -0.4 is 4.74 Å². The van der Waals surface area contributed by atoms with Crippen molar-refractivity contribution in [3.05, 3.63) is 60.2 Å². The first-order valence-electron chi connectivity index (χ1n) is 8.85. The van der Waals surface area contributed by atoms with Crippen LogP contribution in [0.3, 0.4) is 0 Å². The minimum absolute atomic E-state index is 0.0843. The maximum absolute atomic E-state index is 13.1. The molecule has 1 saturated heterocycles. The van der Waals surface area contributed by atoms with Crippen LogP contribution in [-0.4, -0.2) is 51.6 Å². The summed E-state index contributed by atoms with van der Waals surface area (Å²) in [5.41, 5.74) is 0.980. The van der Waals surface area contributed by atoms with E-state index in [0.717, 1.165) is 9.87 Å². The molecule has 8 heteroatoms. The van der Waals surface area contributed by atoms with E-state index in [1.807, 2.05) is 30.3 Å². The molecule has 0 spiro atoms. The maximum Gasteiger partial charge on any atom is 0.324 e. The number of benzene rings is 2. The Morgan fingerprint density at radius 2 is 1.75 bits per heavy atom. The number of esters is 1. The summed E-state index contributed by atoms with van der Waals surface area (Å²) in [5, 5.41) is 0. The van der Waals surface area contributed by atoms with E-state index in [9.17, 15) is 13.2 Å². The van der Waals surface area contributed by atoms with E-state index in [1.54, 1.807) is 12.1 Å². The van der Waals surface area contributed by atoms with E-state index in [1.165, 1.54) is 26.4 Å². The molecule has 2 aromatic carbocycles. The summed E-state index contributed by atoms with van der Waals surface area (Å²) in [7, 11) is -1.13. The molecule has 2 aromatic rings. The Morgan fingerprint density at radius 1 is 1.07 bits per heavy atom. The second-order valence-electron chi connectivity index (χ2n) is 6.44. The van der Waals surface area contributed by atoms with Crippen molar-refractivity contribution < 1.29 is 27.4 Å². The summed E-state index contributed by atoms with van der Waals surface area (Å²) in [6.45, 7) is 0.427. The zero-order valence-electron chi connectivity index (χ0n) is 15.8. The summed E-state index contributed by atoms with van der Waals surface area (Å²) >= 11 is 0. The van der Waals surface area contributed by atoms with Gasteiger partial charge in [0.05, 0.1) is 31.8 Å². The van der Waals surface area contributed by atoms with Gasteiger partial charge in [0.15, 0.2) is 0 Å². The van der Waals surface area contributed by atoms with Gasteiger partial charge in [0.1, 0.15) is 11.8 Å². The Bertz CT molecular complexity index is 898. The lowest BCUT2D eigenvalue weighted by atomic mass is 10.2. The molecule has 0 aliphatic carbocycles. The van der Waals surface area contributed by atoms with Crippen molar-refractivity contribution in [3.63, 3.8) is 0 Å². The number of nitrogens with zero attached hydrogens (tertiary/aromatic N) is 1. The van der Waals surface area contributed by atoms with E-state index in [2.05, 4.69) is 0 Å². The molecule has 0 aromatic heterocycles. The van der Waals surface area contributed by atoms with Gasteiger partial charge < -0.3 is 14.2 Å². The van der Waals surface area contributed by atoms with Crippen LogP contribution in [0.25, 0.3) is 0 Å². The van der Waals surface area contributed by atoms with Gasteiger partial charge in [-0.1, -0.05) is 30.3 Å². The smallest absolute Gasteiger partial charge is 0.324 e. The largest absolute Gasteiger partial charge is 0.497 e. The van der Waals surface area contributed by atoms with Gasteiger partial charge in [-0.3, -0.25) is 4.79 Å². The predicted molar refractivity (Wildman–Crippen MR) is 102 cm³/mol. The Morgan fingerprint density at radius 3 is 2.36 bits per heavy atom. The molecule has 0 bridgehead atoms. The Balaban J connectivity index is 1.79. The first kappa shape index (κ1) is 20.3. The average molecular weight is 405 g/mol. The third kappa shape index (κ3) is 4.35. The zero-order chi connectivity index (χ0) is 20.1. The van der Waals surface area contributed by atoms with Crippen molar-refractivity contribution in [2.45, 2.75) is 30.1 Å². The van der Waals surface area contributed by atoms with Crippen LogP contribution in [-0.2, 0) is 30.9 Å². The number of hydrogen-bond donors (Lipinski definition) is 0. The second kappa shape index (κ2) is 8.72.